The van der Waals surface area contributed by atoms with Gasteiger partial charge in [0.1, 0.15) is 23.0 Å². The third-order valence-electron chi connectivity index (χ3n) is 6.18. The number of hydrogen-bond acceptors (Lipinski definition) is 6. The van der Waals surface area contributed by atoms with Gasteiger partial charge < -0.3 is 14.9 Å². The summed E-state index contributed by atoms with van der Waals surface area (Å²) in [6.45, 7) is 3.30. The van der Waals surface area contributed by atoms with Gasteiger partial charge in [0, 0.05) is 22.1 Å². The maximum absolute atomic E-state index is 13.2. The maximum Gasteiger partial charge on any atom is 0.202 e. The molecule has 2 N–H and O–H groups in total. The number of ketones is 3. The van der Waals surface area contributed by atoms with Crippen molar-refractivity contribution in [2.45, 2.75) is 33.1 Å². The number of Topliss-reactive ketones (excluding diaryl/α,β-unsaturated/α-hetero) is 1. The molecule has 0 fully saturated rings. The van der Waals surface area contributed by atoms with E-state index in [0.29, 0.717) is 24.0 Å². The maximum atomic E-state index is 13.2. The molecule has 0 spiro atoms. The summed E-state index contributed by atoms with van der Waals surface area (Å²) in [4.78, 5) is 38.4. The molecule has 0 saturated heterocycles. The molecule has 2 aromatic carbocycles. The Bertz CT molecular complexity index is 1080. The molecule has 0 saturated carbocycles. The SMILES string of the molecule is COc1cccc2c1C(=O)c1c(O)c3c(c(O)c1C2=O)CC(C)(C(C)=O)CC3. The molecule has 6 heteroatoms. The number of ether oxygens (including phenoxy) is 1. The van der Waals surface area contributed by atoms with Crippen molar-refractivity contribution in [1.82, 2.24) is 0 Å². The molecule has 144 valence electrons. The van der Waals surface area contributed by atoms with E-state index in [1.165, 1.54) is 20.1 Å². The summed E-state index contributed by atoms with van der Waals surface area (Å²) in [5.41, 5.74) is -0.0756. The van der Waals surface area contributed by atoms with Gasteiger partial charge in [0.05, 0.1) is 23.8 Å². The van der Waals surface area contributed by atoms with Gasteiger partial charge in [0.2, 0.25) is 5.78 Å². The van der Waals surface area contributed by atoms with Crippen molar-refractivity contribution >= 4 is 17.3 Å². The van der Waals surface area contributed by atoms with Crippen molar-refractivity contribution in [3.05, 3.63) is 51.6 Å². The van der Waals surface area contributed by atoms with Crippen LogP contribution in [0.2, 0.25) is 0 Å². The Morgan fingerprint density at radius 1 is 1.04 bits per heavy atom. The summed E-state index contributed by atoms with van der Waals surface area (Å²) in [7, 11) is 1.40. The lowest BCUT2D eigenvalue weighted by atomic mass is 9.68. The first-order valence-electron chi connectivity index (χ1n) is 9.08. The third-order valence-corrected chi connectivity index (χ3v) is 6.18. The standard InChI is InChI=1S/C22H20O6/c1-10(23)22(2)8-7-11-13(9-22)20(26)16-17(18(11)24)21(27)15-12(19(16)25)5-4-6-14(15)28-3/h4-6,24,26H,7-9H2,1-3H3. The van der Waals surface area contributed by atoms with Crippen molar-refractivity contribution in [3.63, 3.8) is 0 Å². The molecule has 0 aromatic heterocycles. The molecule has 2 aliphatic carbocycles. The van der Waals surface area contributed by atoms with E-state index in [4.69, 9.17) is 4.74 Å². The highest BCUT2D eigenvalue weighted by Crippen LogP contribution is 2.49. The van der Waals surface area contributed by atoms with Crippen LogP contribution in [0.3, 0.4) is 0 Å². The summed E-state index contributed by atoms with van der Waals surface area (Å²) in [5.74, 6) is -1.49. The number of phenols is 2. The topological polar surface area (TPSA) is 101 Å². The first-order valence-corrected chi connectivity index (χ1v) is 9.08. The monoisotopic (exact) mass is 380 g/mol. The molecule has 2 aliphatic rings. The van der Waals surface area contributed by atoms with Crippen LogP contribution in [-0.2, 0) is 17.6 Å². The predicted molar refractivity (Wildman–Crippen MR) is 100 cm³/mol. The minimum atomic E-state index is -0.687. The lowest BCUT2D eigenvalue weighted by Crippen LogP contribution is -2.33. The predicted octanol–water partition coefficient (Wildman–Crippen LogP) is 2.97. The lowest BCUT2D eigenvalue weighted by molar-refractivity contribution is -0.126. The van der Waals surface area contributed by atoms with Gasteiger partial charge in [0.15, 0.2) is 5.78 Å². The van der Waals surface area contributed by atoms with Crippen LogP contribution in [0.25, 0.3) is 0 Å². The van der Waals surface area contributed by atoms with E-state index in [1.54, 1.807) is 19.1 Å². The average molecular weight is 380 g/mol. The van der Waals surface area contributed by atoms with Crippen molar-refractivity contribution in [2.75, 3.05) is 7.11 Å². The zero-order valence-electron chi connectivity index (χ0n) is 15.9. The molecule has 0 aliphatic heterocycles. The Labute approximate surface area is 161 Å². The highest BCUT2D eigenvalue weighted by atomic mass is 16.5. The summed E-state index contributed by atoms with van der Waals surface area (Å²) < 4.78 is 5.23. The normalized spacial score (nSPS) is 20.2. The number of aromatic hydroxyl groups is 2. The number of benzene rings is 2. The van der Waals surface area contributed by atoms with Gasteiger partial charge in [-0.05, 0) is 32.3 Å². The van der Waals surface area contributed by atoms with E-state index in [9.17, 15) is 24.6 Å². The largest absolute Gasteiger partial charge is 0.507 e. The zero-order chi connectivity index (χ0) is 20.4. The Morgan fingerprint density at radius 2 is 1.68 bits per heavy atom. The molecular weight excluding hydrogens is 360 g/mol. The van der Waals surface area contributed by atoms with E-state index >= 15 is 0 Å². The first-order chi connectivity index (χ1) is 13.2. The van der Waals surface area contributed by atoms with Crippen LogP contribution in [0.15, 0.2) is 18.2 Å². The van der Waals surface area contributed by atoms with Crippen LogP contribution in [0.5, 0.6) is 17.2 Å². The fourth-order valence-corrected chi connectivity index (χ4v) is 4.29. The zero-order valence-corrected chi connectivity index (χ0v) is 15.9. The van der Waals surface area contributed by atoms with E-state index < -0.39 is 17.0 Å². The molecule has 0 radical (unpaired) electrons. The van der Waals surface area contributed by atoms with E-state index in [-0.39, 0.29) is 51.7 Å². The summed E-state index contributed by atoms with van der Waals surface area (Å²) >= 11 is 0. The van der Waals surface area contributed by atoms with Crippen LogP contribution in [0, 0.1) is 5.41 Å². The number of hydrogen-bond donors (Lipinski definition) is 2. The van der Waals surface area contributed by atoms with Crippen LogP contribution in [0.1, 0.15) is 63.2 Å². The molecule has 2 aromatic rings. The number of fused-ring (bicyclic) bond motifs is 3. The summed E-state index contributed by atoms with van der Waals surface area (Å²) in [5, 5.41) is 21.8. The number of rotatable bonds is 2. The summed E-state index contributed by atoms with van der Waals surface area (Å²) in [6.07, 6.45) is 1.03. The van der Waals surface area contributed by atoms with Crippen LogP contribution in [-0.4, -0.2) is 34.7 Å². The van der Waals surface area contributed by atoms with Gasteiger partial charge in [-0.25, -0.2) is 0 Å². The Balaban J connectivity index is 2.00. The molecule has 1 unspecified atom stereocenters. The molecule has 6 nitrogen and oxygen atoms in total. The summed E-state index contributed by atoms with van der Waals surface area (Å²) in [6, 6.07) is 4.66. The van der Waals surface area contributed by atoms with E-state index in [0.717, 1.165) is 0 Å². The van der Waals surface area contributed by atoms with Gasteiger partial charge in [-0.1, -0.05) is 19.1 Å². The quantitative estimate of drug-likeness (QED) is 0.663. The number of phenolic OH excluding ortho intramolecular Hbond substituents is 2. The van der Waals surface area contributed by atoms with Gasteiger partial charge in [-0.15, -0.1) is 0 Å². The molecule has 28 heavy (non-hydrogen) atoms. The van der Waals surface area contributed by atoms with E-state index in [2.05, 4.69) is 0 Å². The van der Waals surface area contributed by atoms with Crippen molar-refractivity contribution in [3.8, 4) is 17.2 Å². The second kappa shape index (κ2) is 5.92. The third kappa shape index (κ3) is 2.24. The van der Waals surface area contributed by atoms with Crippen molar-refractivity contribution < 1.29 is 29.3 Å². The van der Waals surface area contributed by atoms with Crippen LogP contribution in [0.4, 0.5) is 0 Å². The molecule has 4 rings (SSSR count). The lowest BCUT2D eigenvalue weighted by Gasteiger charge is -2.35. The fourth-order valence-electron chi connectivity index (χ4n) is 4.29. The Morgan fingerprint density at radius 3 is 2.32 bits per heavy atom. The highest BCUT2D eigenvalue weighted by Gasteiger charge is 2.43. The molecule has 1 atom stereocenters. The second-order valence-electron chi connectivity index (χ2n) is 7.74. The molecular formula is C22H20O6. The Hall–Kier alpha value is -3.15. The van der Waals surface area contributed by atoms with E-state index in [1.807, 2.05) is 0 Å². The van der Waals surface area contributed by atoms with Gasteiger partial charge in [0.25, 0.3) is 0 Å². The Kier molecular flexibility index (Phi) is 3.86. The van der Waals surface area contributed by atoms with Crippen molar-refractivity contribution in [2.24, 2.45) is 5.41 Å². The van der Waals surface area contributed by atoms with Crippen molar-refractivity contribution in [1.29, 1.82) is 0 Å². The number of carbonyl (C=O) groups excluding carboxylic acids is 3. The minimum Gasteiger partial charge on any atom is -0.507 e. The number of carbonyl (C=O) groups is 3. The molecule has 0 bridgehead atoms. The fraction of sp³-hybridized carbons (Fsp3) is 0.318. The number of methoxy groups -OCH3 is 1. The van der Waals surface area contributed by atoms with Gasteiger partial charge in [-0.3, -0.25) is 14.4 Å². The minimum absolute atomic E-state index is 0.0211. The molecule has 0 heterocycles. The average Bonchev–Trinajstić information content (AvgIpc) is 2.68. The smallest absolute Gasteiger partial charge is 0.202 e. The molecule has 0 amide bonds. The van der Waals surface area contributed by atoms with Crippen LogP contribution >= 0.6 is 0 Å². The van der Waals surface area contributed by atoms with Crippen LogP contribution < -0.4 is 4.74 Å². The first kappa shape index (κ1) is 18.2. The van der Waals surface area contributed by atoms with Gasteiger partial charge in [-0.2, -0.15) is 0 Å². The highest BCUT2D eigenvalue weighted by molar-refractivity contribution is 6.31. The second-order valence-corrected chi connectivity index (χ2v) is 7.74. The van der Waals surface area contributed by atoms with Gasteiger partial charge >= 0.3 is 0 Å².